The van der Waals surface area contributed by atoms with Crippen molar-refractivity contribution in [3.05, 3.63) is 30.2 Å². The van der Waals surface area contributed by atoms with Gasteiger partial charge in [-0.25, -0.2) is 4.79 Å². The van der Waals surface area contributed by atoms with E-state index in [1.54, 1.807) is 26.8 Å². The maximum Gasteiger partial charge on any atom is 0.407 e. The van der Waals surface area contributed by atoms with Crippen LogP contribution in [0.2, 0.25) is 0 Å². The zero-order chi connectivity index (χ0) is 15.6. The molecule has 0 fully saturated rings. The number of aromatic nitrogens is 2. The molecule has 2 rings (SSSR count). The van der Waals surface area contributed by atoms with E-state index in [2.05, 4.69) is 10.3 Å². The van der Waals surface area contributed by atoms with Crippen LogP contribution < -0.4 is 5.32 Å². The van der Waals surface area contributed by atoms with Crippen molar-refractivity contribution in [1.29, 1.82) is 0 Å². The first-order valence-corrected chi connectivity index (χ1v) is 6.47. The first kappa shape index (κ1) is 15.2. The van der Waals surface area contributed by atoms with Gasteiger partial charge >= 0.3 is 12.6 Å². The van der Waals surface area contributed by atoms with Crippen LogP contribution in [0.4, 0.5) is 13.6 Å². The number of alkyl halides is 2. The number of carbonyl (C=O) groups is 1. The van der Waals surface area contributed by atoms with E-state index in [1.807, 2.05) is 0 Å². The van der Waals surface area contributed by atoms with E-state index in [4.69, 9.17) is 4.74 Å². The number of carbonyl (C=O) groups excluding carboxylic acids is 1. The summed E-state index contributed by atoms with van der Waals surface area (Å²) < 4.78 is 32.3. The van der Waals surface area contributed by atoms with Gasteiger partial charge in [0, 0.05) is 23.5 Å². The number of fused-ring (bicyclic) bond motifs is 1. The van der Waals surface area contributed by atoms with Crippen LogP contribution in [0.5, 0.6) is 0 Å². The van der Waals surface area contributed by atoms with E-state index in [9.17, 15) is 13.6 Å². The van der Waals surface area contributed by atoms with Gasteiger partial charge in [-0.05, 0) is 32.9 Å². The Bertz CT molecular complexity index is 647. The van der Waals surface area contributed by atoms with Gasteiger partial charge in [0.1, 0.15) is 5.60 Å². The normalized spacial score (nSPS) is 11.9. The molecule has 0 aliphatic heterocycles. The van der Waals surface area contributed by atoms with Crippen molar-refractivity contribution in [3.63, 3.8) is 0 Å². The molecule has 7 heteroatoms. The van der Waals surface area contributed by atoms with Crippen LogP contribution in [0, 0.1) is 0 Å². The summed E-state index contributed by atoms with van der Waals surface area (Å²) in [6.45, 7) is 2.45. The average molecular weight is 297 g/mol. The number of nitrogens with zero attached hydrogens (tertiary/aromatic N) is 2. The standard InChI is InChI=1S/C14H17F2N3O2/c1-14(2,3)21-13(20)18-8-10-6-9-7-17-5-4-11(9)19(10)12(15)16/h4-7,12H,8H2,1-3H3,(H,18,20). The maximum absolute atomic E-state index is 13.2. The van der Waals surface area contributed by atoms with Gasteiger partial charge in [-0.15, -0.1) is 0 Å². The van der Waals surface area contributed by atoms with Crippen LogP contribution in [0.1, 0.15) is 33.0 Å². The lowest BCUT2D eigenvalue weighted by Gasteiger charge is -2.20. The monoisotopic (exact) mass is 297 g/mol. The van der Waals surface area contributed by atoms with Crippen LogP contribution in [0.15, 0.2) is 24.5 Å². The Labute approximate surface area is 120 Å². The molecular weight excluding hydrogens is 280 g/mol. The SMILES string of the molecule is CC(C)(C)OC(=O)NCc1cc2cnccc2n1C(F)F. The minimum Gasteiger partial charge on any atom is -0.444 e. The Balaban J connectivity index is 2.18. The van der Waals surface area contributed by atoms with E-state index in [-0.39, 0.29) is 6.54 Å². The smallest absolute Gasteiger partial charge is 0.407 e. The number of nitrogens with one attached hydrogen (secondary N) is 1. The molecule has 2 aromatic heterocycles. The quantitative estimate of drug-likeness (QED) is 0.944. The number of hydrogen-bond acceptors (Lipinski definition) is 3. The van der Waals surface area contributed by atoms with Crippen molar-refractivity contribution in [2.24, 2.45) is 0 Å². The van der Waals surface area contributed by atoms with Gasteiger partial charge in [-0.2, -0.15) is 8.78 Å². The summed E-state index contributed by atoms with van der Waals surface area (Å²) in [5, 5.41) is 3.07. The molecule has 114 valence electrons. The number of alkyl carbamates (subject to hydrolysis) is 1. The van der Waals surface area contributed by atoms with Gasteiger partial charge < -0.3 is 10.1 Å². The molecule has 0 atom stereocenters. The molecule has 0 aliphatic carbocycles. The highest BCUT2D eigenvalue weighted by Gasteiger charge is 2.19. The fourth-order valence-electron chi connectivity index (χ4n) is 1.98. The molecule has 0 radical (unpaired) electrons. The molecule has 0 aromatic carbocycles. The molecule has 5 nitrogen and oxygen atoms in total. The Morgan fingerprint density at radius 1 is 1.48 bits per heavy atom. The Morgan fingerprint density at radius 3 is 2.81 bits per heavy atom. The lowest BCUT2D eigenvalue weighted by Crippen LogP contribution is -2.32. The summed E-state index contributed by atoms with van der Waals surface area (Å²) in [5.41, 5.74) is 0.0310. The third-order valence-electron chi connectivity index (χ3n) is 2.73. The summed E-state index contributed by atoms with van der Waals surface area (Å²) in [7, 11) is 0. The first-order valence-electron chi connectivity index (χ1n) is 6.47. The van der Waals surface area contributed by atoms with Crippen LogP contribution in [-0.4, -0.2) is 21.2 Å². The van der Waals surface area contributed by atoms with Crippen molar-refractivity contribution < 1.29 is 18.3 Å². The molecule has 1 N–H and O–H groups in total. The van der Waals surface area contributed by atoms with E-state index >= 15 is 0 Å². The largest absolute Gasteiger partial charge is 0.444 e. The van der Waals surface area contributed by atoms with Crippen molar-refractivity contribution in [1.82, 2.24) is 14.9 Å². The van der Waals surface area contributed by atoms with Crippen LogP contribution in [0.3, 0.4) is 0 Å². The van der Waals surface area contributed by atoms with E-state index in [1.165, 1.54) is 18.5 Å². The van der Waals surface area contributed by atoms with Crippen LogP contribution in [-0.2, 0) is 11.3 Å². The van der Waals surface area contributed by atoms with E-state index in [0.717, 1.165) is 4.57 Å². The average Bonchev–Trinajstić information content (AvgIpc) is 2.72. The first-order chi connectivity index (χ1) is 9.78. The number of rotatable bonds is 3. The highest BCUT2D eigenvalue weighted by atomic mass is 19.3. The Kier molecular flexibility index (Phi) is 4.11. The van der Waals surface area contributed by atoms with Crippen LogP contribution in [0.25, 0.3) is 10.9 Å². The van der Waals surface area contributed by atoms with Gasteiger partial charge in [0.05, 0.1) is 12.1 Å². The van der Waals surface area contributed by atoms with E-state index in [0.29, 0.717) is 16.6 Å². The third kappa shape index (κ3) is 3.68. The van der Waals surface area contributed by atoms with Gasteiger partial charge in [0.25, 0.3) is 0 Å². The van der Waals surface area contributed by atoms with Gasteiger partial charge in [0.2, 0.25) is 0 Å². The molecule has 2 heterocycles. The van der Waals surface area contributed by atoms with Gasteiger partial charge in [-0.3, -0.25) is 9.55 Å². The van der Waals surface area contributed by atoms with E-state index < -0.39 is 18.2 Å². The maximum atomic E-state index is 13.2. The van der Waals surface area contributed by atoms with Gasteiger partial charge in [0.15, 0.2) is 0 Å². The predicted octanol–water partition coefficient (Wildman–Crippen LogP) is 3.46. The summed E-state index contributed by atoms with van der Waals surface area (Å²) in [5.74, 6) is 0. The molecule has 1 amide bonds. The molecule has 2 aromatic rings. The molecule has 0 bridgehead atoms. The molecule has 0 saturated heterocycles. The molecular formula is C14H17F2N3O2. The Hall–Kier alpha value is -2.18. The fraction of sp³-hybridized carbons (Fsp3) is 0.429. The molecule has 0 aliphatic rings. The van der Waals surface area contributed by atoms with Crippen molar-refractivity contribution in [3.8, 4) is 0 Å². The summed E-state index contributed by atoms with van der Waals surface area (Å²) in [6.07, 6.45) is 2.31. The number of ether oxygens (including phenoxy) is 1. The lowest BCUT2D eigenvalue weighted by atomic mass is 10.2. The second kappa shape index (κ2) is 5.67. The lowest BCUT2D eigenvalue weighted by molar-refractivity contribution is 0.0507. The second-order valence-corrected chi connectivity index (χ2v) is 5.57. The zero-order valence-electron chi connectivity index (χ0n) is 12.1. The Morgan fingerprint density at radius 2 is 2.19 bits per heavy atom. The van der Waals surface area contributed by atoms with Crippen molar-refractivity contribution >= 4 is 17.0 Å². The number of hydrogen-bond donors (Lipinski definition) is 1. The minimum atomic E-state index is -2.69. The number of amides is 1. The zero-order valence-corrected chi connectivity index (χ0v) is 12.1. The fourth-order valence-corrected chi connectivity index (χ4v) is 1.98. The number of halogens is 2. The number of pyridine rings is 1. The second-order valence-electron chi connectivity index (χ2n) is 5.57. The third-order valence-corrected chi connectivity index (χ3v) is 2.73. The highest BCUT2D eigenvalue weighted by Crippen LogP contribution is 2.25. The molecule has 0 unspecified atom stereocenters. The summed E-state index contributed by atoms with van der Waals surface area (Å²) >= 11 is 0. The van der Waals surface area contributed by atoms with Crippen molar-refractivity contribution in [2.45, 2.75) is 39.5 Å². The predicted molar refractivity (Wildman–Crippen MR) is 74.1 cm³/mol. The molecule has 0 spiro atoms. The van der Waals surface area contributed by atoms with Gasteiger partial charge in [-0.1, -0.05) is 0 Å². The van der Waals surface area contributed by atoms with Crippen molar-refractivity contribution in [2.75, 3.05) is 0 Å². The highest BCUT2D eigenvalue weighted by molar-refractivity contribution is 5.80. The summed E-state index contributed by atoms with van der Waals surface area (Å²) in [6, 6.07) is 3.09. The molecule has 0 saturated carbocycles. The minimum absolute atomic E-state index is 0.0477. The van der Waals surface area contributed by atoms with Crippen LogP contribution >= 0.6 is 0 Å². The summed E-state index contributed by atoms with van der Waals surface area (Å²) in [4.78, 5) is 15.5. The molecule has 21 heavy (non-hydrogen) atoms. The topological polar surface area (TPSA) is 56.1 Å².